The van der Waals surface area contributed by atoms with E-state index in [1.165, 1.54) is 18.2 Å². The van der Waals surface area contributed by atoms with Crippen molar-refractivity contribution in [2.24, 2.45) is 0 Å². The minimum Gasteiger partial charge on any atom is -0.207 e. The number of sulfonamides is 1. The van der Waals surface area contributed by atoms with Crippen molar-refractivity contribution >= 4 is 10.0 Å². The van der Waals surface area contributed by atoms with Gasteiger partial charge in [0.1, 0.15) is 5.82 Å². The average Bonchev–Trinajstić information content (AvgIpc) is 2.48. The maximum atomic E-state index is 13.3. The van der Waals surface area contributed by atoms with Crippen LogP contribution in [0.4, 0.5) is 4.39 Å². The van der Waals surface area contributed by atoms with Crippen molar-refractivity contribution in [1.29, 1.82) is 0 Å². The third-order valence-corrected chi connectivity index (χ3v) is 4.82. The standard InChI is InChI=1S/C16H18FNO2S/c1-3-16(13-7-5-4-6-8-13)18-21(19,20)14-9-10-15(17)12(2)11-14/h4-11,16,18H,3H2,1-2H3/t16-/m1/s1. The van der Waals surface area contributed by atoms with Gasteiger partial charge in [-0.1, -0.05) is 37.3 Å². The maximum absolute atomic E-state index is 13.3. The number of halogens is 1. The molecule has 0 aliphatic heterocycles. The number of rotatable bonds is 5. The van der Waals surface area contributed by atoms with Crippen LogP contribution in [0.3, 0.4) is 0 Å². The number of benzene rings is 2. The molecule has 1 atom stereocenters. The van der Waals surface area contributed by atoms with Gasteiger partial charge in [0, 0.05) is 6.04 Å². The number of aryl methyl sites for hydroxylation is 1. The monoisotopic (exact) mass is 307 g/mol. The summed E-state index contributed by atoms with van der Waals surface area (Å²) >= 11 is 0. The fourth-order valence-corrected chi connectivity index (χ4v) is 3.50. The molecule has 0 spiro atoms. The molecular formula is C16H18FNO2S. The zero-order valence-electron chi connectivity index (χ0n) is 12.0. The Hall–Kier alpha value is -1.72. The Morgan fingerprint density at radius 3 is 2.38 bits per heavy atom. The molecule has 0 fully saturated rings. The summed E-state index contributed by atoms with van der Waals surface area (Å²) in [5.74, 6) is -0.413. The largest absolute Gasteiger partial charge is 0.241 e. The fourth-order valence-electron chi connectivity index (χ4n) is 2.11. The maximum Gasteiger partial charge on any atom is 0.241 e. The van der Waals surface area contributed by atoms with E-state index in [4.69, 9.17) is 0 Å². The lowest BCUT2D eigenvalue weighted by Gasteiger charge is -2.17. The Kier molecular flexibility index (Phi) is 4.75. The molecule has 0 radical (unpaired) electrons. The van der Waals surface area contributed by atoms with Gasteiger partial charge in [-0.25, -0.2) is 17.5 Å². The van der Waals surface area contributed by atoms with E-state index in [1.807, 2.05) is 37.3 Å². The molecule has 112 valence electrons. The molecule has 0 saturated carbocycles. The molecule has 3 nitrogen and oxygen atoms in total. The third-order valence-electron chi connectivity index (χ3n) is 3.35. The number of hydrogen-bond donors (Lipinski definition) is 1. The van der Waals surface area contributed by atoms with Gasteiger partial charge < -0.3 is 0 Å². The van der Waals surface area contributed by atoms with Crippen LogP contribution in [0.2, 0.25) is 0 Å². The summed E-state index contributed by atoms with van der Waals surface area (Å²) < 4.78 is 40.7. The van der Waals surface area contributed by atoms with Crippen LogP contribution in [0.15, 0.2) is 53.4 Å². The minimum atomic E-state index is -3.68. The molecule has 0 unspecified atom stereocenters. The summed E-state index contributed by atoms with van der Waals surface area (Å²) in [6.45, 7) is 3.46. The zero-order valence-corrected chi connectivity index (χ0v) is 12.8. The number of hydrogen-bond acceptors (Lipinski definition) is 2. The van der Waals surface area contributed by atoms with Crippen LogP contribution < -0.4 is 4.72 Å². The molecular weight excluding hydrogens is 289 g/mol. The minimum absolute atomic E-state index is 0.0794. The Morgan fingerprint density at radius 2 is 1.81 bits per heavy atom. The molecule has 2 aromatic carbocycles. The van der Waals surface area contributed by atoms with E-state index in [0.717, 1.165) is 5.56 Å². The average molecular weight is 307 g/mol. The van der Waals surface area contributed by atoms with Gasteiger partial charge in [-0.15, -0.1) is 0 Å². The highest BCUT2D eigenvalue weighted by Crippen LogP contribution is 2.21. The van der Waals surface area contributed by atoms with Crippen LogP contribution in [0.25, 0.3) is 0 Å². The van der Waals surface area contributed by atoms with Gasteiger partial charge in [0.05, 0.1) is 4.90 Å². The van der Waals surface area contributed by atoms with Crippen LogP contribution in [0.1, 0.15) is 30.5 Å². The second-order valence-corrected chi connectivity index (χ2v) is 6.62. The first-order chi connectivity index (χ1) is 9.94. The second kappa shape index (κ2) is 6.37. The van der Waals surface area contributed by atoms with E-state index >= 15 is 0 Å². The summed E-state index contributed by atoms with van der Waals surface area (Å²) in [6, 6.07) is 12.9. The summed E-state index contributed by atoms with van der Waals surface area (Å²) in [4.78, 5) is 0.0794. The van der Waals surface area contributed by atoms with Gasteiger partial charge in [0.2, 0.25) is 10.0 Å². The second-order valence-electron chi connectivity index (χ2n) is 4.90. The molecule has 1 N–H and O–H groups in total. The van der Waals surface area contributed by atoms with Crippen molar-refractivity contribution in [3.8, 4) is 0 Å². The molecule has 0 aliphatic rings. The Labute approximate surface area is 124 Å². The Bertz CT molecular complexity index is 714. The molecule has 2 rings (SSSR count). The van der Waals surface area contributed by atoms with Gasteiger partial charge in [-0.05, 0) is 42.7 Å². The van der Waals surface area contributed by atoms with Crippen molar-refractivity contribution in [2.45, 2.75) is 31.2 Å². The molecule has 21 heavy (non-hydrogen) atoms. The van der Waals surface area contributed by atoms with Crippen LogP contribution in [-0.4, -0.2) is 8.42 Å². The van der Waals surface area contributed by atoms with Crippen molar-refractivity contribution in [3.05, 3.63) is 65.5 Å². The molecule has 0 heterocycles. The summed E-state index contributed by atoms with van der Waals surface area (Å²) in [6.07, 6.45) is 0.628. The lowest BCUT2D eigenvalue weighted by Crippen LogP contribution is -2.28. The van der Waals surface area contributed by atoms with Gasteiger partial charge in [-0.3, -0.25) is 0 Å². The van der Waals surface area contributed by atoms with Crippen molar-refractivity contribution in [1.82, 2.24) is 4.72 Å². The van der Waals surface area contributed by atoms with E-state index in [9.17, 15) is 12.8 Å². The van der Waals surface area contributed by atoms with Gasteiger partial charge in [-0.2, -0.15) is 0 Å². The van der Waals surface area contributed by atoms with Crippen molar-refractivity contribution in [3.63, 3.8) is 0 Å². The third kappa shape index (κ3) is 3.68. The molecule has 0 bridgehead atoms. The van der Waals surface area contributed by atoms with E-state index < -0.39 is 15.8 Å². The van der Waals surface area contributed by atoms with Crippen LogP contribution >= 0.6 is 0 Å². The quantitative estimate of drug-likeness (QED) is 0.918. The summed E-state index contributed by atoms with van der Waals surface area (Å²) in [5, 5.41) is 0. The van der Waals surface area contributed by atoms with Gasteiger partial charge >= 0.3 is 0 Å². The van der Waals surface area contributed by atoms with Crippen LogP contribution in [0.5, 0.6) is 0 Å². The normalized spacial score (nSPS) is 13.1. The number of nitrogens with one attached hydrogen (secondary N) is 1. The highest BCUT2D eigenvalue weighted by atomic mass is 32.2. The first kappa shape index (κ1) is 15.7. The van der Waals surface area contributed by atoms with Gasteiger partial charge in [0.15, 0.2) is 0 Å². The van der Waals surface area contributed by atoms with E-state index in [2.05, 4.69) is 4.72 Å². The lowest BCUT2D eigenvalue weighted by atomic mass is 10.1. The van der Waals surface area contributed by atoms with Gasteiger partial charge in [0.25, 0.3) is 0 Å². The molecule has 2 aromatic rings. The highest BCUT2D eigenvalue weighted by molar-refractivity contribution is 7.89. The summed E-state index contributed by atoms with van der Waals surface area (Å²) in [7, 11) is -3.68. The predicted octanol–water partition coefficient (Wildman–Crippen LogP) is 3.56. The Morgan fingerprint density at radius 1 is 1.14 bits per heavy atom. The molecule has 0 amide bonds. The van der Waals surface area contributed by atoms with Crippen molar-refractivity contribution < 1.29 is 12.8 Å². The first-order valence-corrected chi connectivity index (χ1v) is 8.26. The molecule has 5 heteroatoms. The van der Waals surface area contributed by atoms with Crippen LogP contribution in [0, 0.1) is 12.7 Å². The molecule has 0 aromatic heterocycles. The summed E-state index contributed by atoms with van der Waals surface area (Å²) in [5.41, 5.74) is 1.22. The SMILES string of the molecule is CC[C@@H](NS(=O)(=O)c1ccc(F)c(C)c1)c1ccccc1. The molecule has 0 saturated heterocycles. The van der Waals surface area contributed by atoms with E-state index in [-0.39, 0.29) is 10.9 Å². The highest BCUT2D eigenvalue weighted by Gasteiger charge is 2.20. The first-order valence-electron chi connectivity index (χ1n) is 6.77. The lowest BCUT2D eigenvalue weighted by molar-refractivity contribution is 0.549. The smallest absolute Gasteiger partial charge is 0.207 e. The topological polar surface area (TPSA) is 46.2 Å². The Balaban J connectivity index is 2.29. The predicted molar refractivity (Wildman–Crippen MR) is 80.9 cm³/mol. The molecule has 0 aliphatic carbocycles. The zero-order chi connectivity index (χ0) is 15.5. The fraction of sp³-hybridized carbons (Fsp3) is 0.250. The van der Waals surface area contributed by atoms with Crippen molar-refractivity contribution in [2.75, 3.05) is 0 Å². The van der Waals surface area contributed by atoms with E-state index in [0.29, 0.717) is 12.0 Å². The van der Waals surface area contributed by atoms with Crippen LogP contribution in [-0.2, 0) is 10.0 Å². The van der Waals surface area contributed by atoms with E-state index in [1.54, 1.807) is 6.92 Å².